The summed E-state index contributed by atoms with van der Waals surface area (Å²) >= 11 is 0. The van der Waals surface area contributed by atoms with Crippen molar-refractivity contribution < 1.29 is 4.84 Å². The molecule has 1 rings (SSSR count). The fraction of sp³-hybridized carbons (Fsp3) is 1.00. The van der Waals surface area contributed by atoms with Crippen LogP contribution in [0.2, 0.25) is 0 Å². The van der Waals surface area contributed by atoms with Gasteiger partial charge in [-0.05, 0) is 39.2 Å². The Morgan fingerprint density at radius 3 is 2.92 bits per heavy atom. The van der Waals surface area contributed by atoms with E-state index >= 15 is 0 Å². The van der Waals surface area contributed by atoms with E-state index in [0.29, 0.717) is 12.0 Å². The van der Waals surface area contributed by atoms with Gasteiger partial charge >= 0.3 is 0 Å². The Hall–Kier alpha value is -0.120. The van der Waals surface area contributed by atoms with Gasteiger partial charge in [0.25, 0.3) is 0 Å². The molecule has 3 heteroatoms. The van der Waals surface area contributed by atoms with Gasteiger partial charge in [-0.3, -0.25) is 0 Å². The number of nitrogens with one attached hydrogen (secondary N) is 1. The topological polar surface area (TPSA) is 24.5 Å². The van der Waals surface area contributed by atoms with E-state index in [-0.39, 0.29) is 0 Å². The minimum absolute atomic E-state index is 0.678. The third-order valence-electron chi connectivity index (χ3n) is 2.74. The van der Waals surface area contributed by atoms with Crippen molar-refractivity contribution in [3.63, 3.8) is 0 Å². The van der Waals surface area contributed by atoms with E-state index in [4.69, 9.17) is 4.84 Å². The smallest absolute Gasteiger partial charge is 0.0722 e. The van der Waals surface area contributed by atoms with Gasteiger partial charge in [0.05, 0.1) is 6.61 Å². The Morgan fingerprint density at radius 2 is 2.31 bits per heavy atom. The summed E-state index contributed by atoms with van der Waals surface area (Å²) in [6.07, 6.45) is 2.63. The number of rotatable bonds is 4. The lowest BCUT2D eigenvalue weighted by Gasteiger charge is -2.35. The van der Waals surface area contributed by atoms with Crippen molar-refractivity contribution in [2.45, 2.75) is 32.7 Å². The molecule has 1 fully saturated rings. The van der Waals surface area contributed by atoms with Crippen LogP contribution in [0, 0.1) is 5.92 Å². The van der Waals surface area contributed by atoms with E-state index in [1.807, 2.05) is 7.05 Å². The highest BCUT2D eigenvalue weighted by Gasteiger charge is 2.21. The fourth-order valence-corrected chi connectivity index (χ4v) is 1.90. The van der Waals surface area contributed by atoms with Crippen molar-refractivity contribution in [1.29, 1.82) is 0 Å². The van der Waals surface area contributed by atoms with Crippen molar-refractivity contribution >= 4 is 0 Å². The first-order valence-electron chi connectivity index (χ1n) is 5.26. The highest BCUT2D eigenvalue weighted by Crippen LogP contribution is 2.18. The zero-order valence-electron chi connectivity index (χ0n) is 9.05. The Bertz CT molecular complexity index is 139. The Kier molecular flexibility index (Phi) is 4.70. The summed E-state index contributed by atoms with van der Waals surface area (Å²) in [5, 5.41) is 0. The van der Waals surface area contributed by atoms with E-state index in [1.165, 1.54) is 25.9 Å². The molecule has 0 aromatic rings. The van der Waals surface area contributed by atoms with Crippen LogP contribution in [0.25, 0.3) is 0 Å². The first-order chi connectivity index (χ1) is 6.24. The van der Waals surface area contributed by atoms with Gasteiger partial charge < -0.3 is 9.74 Å². The molecule has 1 heterocycles. The van der Waals surface area contributed by atoms with Crippen LogP contribution in [0.5, 0.6) is 0 Å². The largest absolute Gasteiger partial charge is 0.302 e. The average molecular weight is 186 g/mol. The molecule has 1 aliphatic rings. The number of piperidine rings is 1. The molecular weight excluding hydrogens is 164 g/mol. The summed E-state index contributed by atoms with van der Waals surface area (Å²) < 4.78 is 0. The number of nitrogens with zero attached hydrogens (tertiary/aromatic N) is 1. The number of hydrogen-bond acceptors (Lipinski definition) is 3. The minimum Gasteiger partial charge on any atom is -0.302 e. The van der Waals surface area contributed by atoms with Crippen LogP contribution in [0.4, 0.5) is 0 Å². The molecule has 1 unspecified atom stereocenters. The van der Waals surface area contributed by atoms with E-state index < -0.39 is 0 Å². The van der Waals surface area contributed by atoms with Crippen LogP contribution < -0.4 is 5.48 Å². The van der Waals surface area contributed by atoms with Crippen molar-refractivity contribution in [3.05, 3.63) is 0 Å². The first-order valence-corrected chi connectivity index (χ1v) is 5.26. The maximum atomic E-state index is 5.22. The van der Waals surface area contributed by atoms with Crippen LogP contribution >= 0.6 is 0 Å². The monoisotopic (exact) mass is 186 g/mol. The molecule has 1 aliphatic heterocycles. The lowest BCUT2D eigenvalue weighted by molar-refractivity contribution is 0.00553. The predicted molar refractivity (Wildman–Crippen MR) is 54.4 cm³/mol. The summed E-state index contributed by atoms with van der Waals surface area (Å²) in [6, 6.07) is 0.678. The minimum atomic E-state index is 0.678. The van der Waals surface area contributed by atoms with Crippen LogP contribution in [0.1, 0.15) is 26.7 Å². The third kappa shape index (κ3) is 3.63. The quantitative estimate of drug-likeness (QED) is 0.669. The molecule has 0 saturated carbocycles. The summed E-state index contributed by atoms with van der Waals surface area (Å²) in [4.78, 5) is 7.76. The Morgan fingerprint density at radius 1 is 1.54 bits per heavy atom. The number of hydroxylamine groups is 1. The molecule has 1 atom stereocenters. The van der Waals surface area contributed by atoms with Gasteiger partial charge in [-0.15, -0.1) is 0 Å². The number of hydrogen-bond donors (Lipinski definition) is 1. The van der Waals surface area contributed by atoms with E-state index in [2.05, 4.69) is 24.2 Å². The number of likely N-dealkylation sites (tertiary alicyclic amines) is 1. The van der Waals surface area contributed by atoms with Crippen LogP contribution in [-0.4, -0.2) is 37.7 Å². The Balaban J connectivity index is 2.25. The van der Waals surface area contributed by atoms with Gasteiger partial charge in [-0.2, -0.15) is 0 Å². The molecule has 1 N–H and O–H groups in total. The predicted octanol–water partition coefficient (Wildman–Crippen LogP) is 1.26. The maximum Gasteiger partial charge on any atom is 0.0722 e. The highest BCUT2D eigenvalue weighted by molar-refractivity contribution is 4.74. The lowest BCUT2D eigenvalue weighted by atomic mass is 9.98. The average Bonchev–Trinajstić information content (AvgIpc) is 2.15. The summed E-state index contributed by atoms with van der Waals surface area (Å²) in [7, 11) is 1.82. The van der Waals surface area contributed by atoms with E-state index in [9.17, 15) is 0 Å². The molecule has 78 valence electrons. The van der Waals surface area contributed by atoms with Gasteiger partial charge in [0.2, 0.25) is 0 Å². The van der Waals surface area contributed by atoms with Gasteiger partial charge in [-0.1, -0.05) is 0 Å². The molecular formula is C10H22N2O. The normalized spacial score (nSPS) is 25.4. The van der Waals surface area contributed by atoms with Crippen LogP contribution in [-0.2, 0) is 4.84 Å². The molecule has 0 aromatic carbocycles. The van der Waals surface area contributed by atoms with Crippen molar-refractivity contribution in [1.82, 2.24) is 10.4 Å². The zero-order chi connectivity index (χ0) is 9.68. The Labute approximate surface area is 81.4 Å². The second kappa shape index (κ2) is 5.58. The standard InChI is InChI=1S/C10H22N2O/c1-9(2)12-6-4-5-10(7-12)8-13-11-3/h9-11H,4-8H2,1-3H3. The molecule has 1 saturated heterocycles. The van der Waals surface area contributed by atoms with E-state index in [0.717, 1.165) is 6.61 Å². The fourth-order valence-electron chi connectivity index (χ4n) is 1.90. The highest BCUT2D eigenvalue weighted by atomic mass is 16.6. The molecule has 3 nitrogen and oxygen atoms in total. The SMILES string of the molecule is CNOCC1CCCN(C(C)C)C1. The second-order valence-electron chi connectivity index (χ2n) is 4.11. The second-order valence-corrected chi connectivity index (χ2v) is 4.11. The molecule has 0 aliphatic carbocycles. The van der Waals surface area contributed by atoms with E-state index in [1.54, 1.807) is 0 Å². The summed E-state index contributed by atoms with van der Waals surface area (Å²) in [5.41, 5.74) is 2.74. The molecule has 0 amide bonds. The lowest BCUT2D eigenvalue weighted by Crippen LogP contribution is -2.41. The third-order valence-corrected chi connectivity index (χ3v) is 2.74. The zero-order valence-corrected chi connectivity index (χ0v) is 9.05. The van der Waals surface area contributed by atoms with Crippen LogP contribution in [0.15, 0.2) is 0 Å². The molecule has 0 aromatic heterocycles. The molecule has 13 heavy (non-hydrogen) atoms. The first kappa shape index (κ1) is 11.0. The van der Waals surface area contributed by atoms with Gasteiger partial charge in [0.1, 0.15) is 0 Å². The maximum absolute atomic E-state index is 5.22. The van der Waals surface area contributed by atoms with Crippen molar-refractivity contribution in [2.75, 3.05) is 26.7 Å². The molecule has 0 spiro atoms. The van der Waals surface area contributed by atoms with Crippen LogP contribution in [0.3, 0.4) is 0 Å². The summed E-state index contributed by atoms with van der Waals surface area (Å²) in [5.74, 6) is 0.712. The van der Waals surface area contributed by atoms with Crippen molar-refractivity contribution in [3.8, 4) is 0 Å². The van der Waals surface area contributed by atoms with Crippen molar-refractivity contribution in [2.24, 2.45) is 5.92 Å². The van der Waals surface area contributed by atoms with Gasteiger partial charge in [0, 0.05) is 19.6 Å². The van der Waals surface area contributed by atoms with Gasteiger partial charge in [-0.25, -0.2) is 5.48 Å². The molecule has 0 bridgehead atoms. The molecule has 0 radical (unpaired) electrons. The van der Waals surface area contributed by atoms with Gasteiger partial charge in [0.15, 0.2) is 0 Å². The summed E-state index contributed by atoms with van der Waals surface area (Å²) in [6.45, 7) is 7.83.